The fourth-order valence-corrected chi connectivity index (χ4v) is 3.23. The molecule has 8 heteroatoms. The van der Waals surface area contributed by atoms with Gasteiger partial charge in [0.2, 0.25) is 0 Å². The summed E-state index contributed by atoms with van der Waals surface area (Å²) in [6, 6.07) is 9.24. The maximum atomic E-state index is 13.5. The highest BCUT2D eigenvalue weighted by Gasteiger charge is 2.11. The van der Waals surface area contributed by atoms with Crippen LogP contribution in [0.4, 0.5) is 8.78 Å². The Bertz CT molecular complexity index is 951. The predicted molar refractivity (Wildman–Crippen MR) is 110 cm³/mol. The van der Waals surface area contributed by atoms with Crippen molar-refractivity contribution in [2.24, 2.45) is 0 Å². The first kappa shape index (κ1) is 20.8. The number of nitrogens with one attached hydrogen (secondary N) is 2. The number of benzene rings is 2. The molecule has 1 heterocycles. The van der Waals surface area contributed by atoms with E-state index in [0.717, 1.165) is 29.0 Å². The quantitative estimate of drug-likeness (QED) is 0.394. The number of aliphatic hydroxyl groups excluding tert-OH is 1. The second-order valence-corrected chi connectivity index (χ2v) is 7.19. The first-order chi connectivity index (χ1) is 13.5. The molecule has 0 radical (unpaired) electrons. The number of rotatable bonds is 8. The molecule has 1 aromatic heterocycles. The third-order valence-corrected chi connectivity index (χ3v) is 5.05. The van der Waals surface area contributed by atoms with E-state index in [9.17, 15) is 13.9 Å². The molecule has 3 aromatic rings. The summed E-state index contributed by atoms with van der Waals surface area (Å²) >= 11 is 10.2. The zero-order valence-electron chi connectivity index (χ0n) is 14.9. The largest absolute Gasteiger partial charge is 0.393 e. The van der Waals surface area contributed by atoms with Crippen LogP contribution in [0.1, 0.15) is 18.4 Å². The normalized spacial score (nSPS) is 12.3. The van der Waals surface area contributed by atoms with E-state index in [1.165, 1.54) is 6.07 Å². The van der Waals surface area contributed by atoms with Gasteiger partial charge in [-0.05, 0) is 60.7 Å². The topological polar surface area (TPSA) is 60.9 Å². The number of H-pyrrole nitrogens is 1. The molecule has 0 aliphatic rings. The minimum absolute atomic E-state index is 0.438. The van der Waals surface area contributed by atoms with E-state index in [-0.39, 0.29) is 0 Å². The number of aromatic amines is 1. The van der Waals surface area contributed by atoms with Gasteiger partial charge in [-0.1, -0.05) is 30.5 Å². The third-order valence-electron chi connectivity index (χ3n) is 4.46. The van der Waals surface area contributed by atoms with Crippen molar-refractivity contribution >= 4 is 24.4 Å². The van der Waals surface area contributed by atoms with Crippen molar-refractivity contribution in [2.45, 2.75) is 25.4 Å². The van der Waals surface area contributed by atoms with Gasteiger partial charge in [0.15, 0.2) is 11.6 Å². The lowest BCUT2D eigenvalue weighted by atomic mass is 10.0. The van der Waals surface area contributed by atoms with Crippen LogP contribution in [-0.4, -0.2) is 27.7 Å². The van der Waals surface area contributed by atoms with Crippen molar-refractivity contribution in [1.29, 1.82) is 0 Å². The molecule has 1 atom stereocenters. The highest BCUT2D eigenvalue weighted by molar-refractivity contribution is 7.78. The smallest absolute Gasteiger partial charge is 0.159 e. The van der Waals surface area contributed by atoms with Gasteiger partial charge in [0.05, 0.1) is 18.0 Å². The van der Waals surface area contributed by atoms with Gasteiger partial charge in [0.1, 0.15) is 5.82 Å². The number of aromatic nitrogens is 2. The molecule has 148 valence electrons. The minimum atomic E-state index is -0.920. The second-order valence-electron chi connectivity index (χ2n) is 6.47. The molecule has 0 spiro atoms. The van der Waals surface area contributed by atoms with E-state index in [4.69, 9.17) is 11.6 Å². The second kappa shape index (κ2) is 9.52. The van der Waals surface area contributed by atoms with Gasteiger partial charge in [-0.3, -0.25) is 4.72 Å². The van der Waals surface area contributed by atoms with Crippen LogP contribution in [-0.2, 0) is 6.42 Å². The van der Waals surface area contributed by atoms with Gasteiger partial charge in [-0.15, -0.1) is 0 Å². The molecule has 0 aliphatic heterocycles. The van der Waals surface area contributed by atoms with E-state index in [2.05, 4.69) is 27.5 Å². The van der Waals surface area contributed by atoms with Crippen LogP contribution >= 0.6 is 24.4 Å². The molecule has 28 heavy (non-hydrogen) atoms. The van der Waals surface area contributed by atoms with E-state index >= 15 is 0 Å². The van der Waals surface area contributed by atoms with Crippen LogP contribution in [0.2, 0.25) is 5.02 Å². The summed E-state index contributed by atoms with van der Waals surface area (Å²) < 4.78 is 29.3. The monoisotopic (exact) mass is 423 g/mol. The molecule has 0 saturated heterocycles. The van der Waals surface area contributed by atoms with Crippen molar-refractivity contribution in [3.8, 4) is 22.6 Å². The number of imidazole rings is 1. The summed E-state index contributed by atoms with van der Waals surface area (Å²) in [5, 5.41) is 10.6. The van der Waals surface area contributed by atoms with Crippen LogP contribution in [0.25, 0.3) is 22.6 Å². The summed E-state index contributed by atoms with van der Waals surface area (Å²) in [5.41, 5.74) is 2.98. The van der Waals surface area contributed by atoms with Crippen molar-refractivity contribution in [1.82, 2.24) is 14.7 Å². The Morgan fingerprint density at radius 3 is 2.64 bits per heavy atom. The van der Waals surface area contributed by atoms with Crippen molar-refractivity contribution in [3.63, 3.8) is 0 Å². The van der Waals surface area contributed by atoms with E-state index in [1.807, 2.05) is 12.1 Å². The maximum absolute atomic E-state index is 13.5. The van der Waals surface area contributed by atoms with Crippen molar-refractivity contribution < 1.29 is 13.9 Å². The average molecular weight is 424 g/mol. The third kappa shape index (κ3) is 5.11. The number of halogens is 3. The van der Waals surface area contributed by atoms with Gasteiger partial charge >= 0.3 is 0 Å². The lowest BCUT2D eigenvalue weighted by Gasteiger charge is -2.11. The Balaban J connectivity index is 1.77. The Morgan fingerprint density at radius 2 is 1.89 bits per heavy atom. The molecule has 0 saturated carbocycles. The van der Waals surface area contributed by atoms with Gasteiger partial charge in [-0.2, -0.15) is 0 Å². The molecule has 0 amide bonds. The summed E-state index contributed by atoms with van der Waals surface area (Å²) in [4.78, 5) is 7.38. The number of thiol groups is 1. The van der Waals surface area contributed by atoms with E-state index in [0.29, 0.717) is 42.2 Å². The molecule has 3 N–H and O–H groups in total. The lowest BCUT2D eigenvalue weighted by Crippen LogP contribution is -2.14. The maximum Gasteiger partial charge on any atom is 0.159 e. The summed E-state index contributed by atoms with van der Waals surface area (Å²) in [6.45, 7) is 0.624. The number of aryl methyl sites for hydroxylation is 1. The molecule has 1 unspecified atom stereocenters. The standard InChI is InChI=1S/C20H20ClF2N3OS/c21-16-5-2-13(9-12(16)1-4-15(27)7-8-25-28)19-11-24-20(26-19)14-3-6-17(22)18(23)10-14/h2-3,5-6,9-11,15,25,27-28H,1,4,7-8H2,(H,24,26). The van der Waals surface area contributed by atoms with Gasteiger partial charge in [0.25, 0.3) is 0 Å². The van der Waals surface area contributed by atoms with Crippen LogP contribution < -0.4 is 4.72 Å². The first-order valence-electron chi connectivity index (χ1n) is 8.82. The number of nitrogens with zero attached hydrogens (tertiary/aromatic N) is 1. The Hall–Kier alpha value is -1.93. The average Bonchev–Trinajstić information content (AvgIpc) is 3.18. The van der Waals surface area contributed by atoms with Crippen LogP contribution in [0.5, 0.6) is 0 Å². The van der Waals surface area contributed by atoms with Crippen molar-refractivity contribution in [2.75, 3.05) is 6.54 Å². The molecule has 0 fully saturated rings. The van der Waals surface area contributed by atoms with E-state index in [1.54, 1.807) is 12.3 Å². The molecular weight excluding hydrogens is 404 g/mol. The highest BCUT2D eigenvalue weighted by atomic mass is 35.5. The number of hydrogen-bond donors (Lipinski definition) is 4. The van der Waals surface area contributed by atoms with Gasteiger partial charge in [-0.25, -0.2) is 13.8 Å². The molecule has 4 nitrogen and oxygen atoms in total. The minimum Gasteiger partial charge on any atom is -0.393 e. The highest BCUT2D eigenvalue weighted by Crippen LogP contribution is 2.28. The Labute approximate surface area is 172 Å². The molecule has 0 aliphatic carbocycles. The Morgan fingerprint density at radius 1 is 1.11 bits per heavy atom. The number of hydrogen-bond acceptors (Lipinski definition) is 4. The van der Waals surface area contributed by atoms with Crippen LogP contribution in [0.15, 0.2) is 42.6 Å². The number of aliphatic hydroxyl groups is 1. The fraction of sp³-hybridized carbons (Fsp3) is 0.250. The van der Waals surface area contributed by atoms with Gasteiger partial charge < -0.3 is 10.1 Å². The zero-order valence-corrected chi connectivity index (χ0v) is 16.6. The lowest BCUT2D eigenvalue weighted by molar-refractivity contribution is 0.156. The zero-order chi connectivity index (χ0) is 20.1. The van der Waals surface area contributed by atoms with E-state index < -0.39 is 17.7 Å². The van der Waals surface area contributed by atoms with Crippen LogP contribution in [0.3, 0.4) is 0 Å². The molecule has 0 bridgehead atoms. The Kier molecular flexibility index (Phi) is 7.07. The summed E-state index contributed by atoms with van der Waals surface area (Å²) in [5.74, 6) is -1.37. The molecule has 2 aromatic carbocycles. The van der Waals surface area contributed by atoms with Crippen LogP contribution in [0, 0.1) is 11.6 Å². The van der Waals surface area contributed by atoms with Crippen molar-refractivity contribution in [3.05, 3.63) is 64.8 Å². The summed E-state index contributed by atoms with van der Waals surface area (Å²) in [7, 11) is 0. The molecular formula is C20H20ClF2N3OS. The van der Waals surface area contributed by atoms with Gasteiger partial charge in [0, 0.05) is 17.1 Å². The fourth-order valence-electron chi connectivity index (χ4n) is 2.89. The summed E-state index contributed by atoms with van der Waals surface area (Å²) in [6.07, 6.45) is 3.02. The molecule has 3 rings (SSSR count). The predicted octanol–water partition coefficient (Wildman–Crippen LogP) is 4.79. The SMILES string of the molecule is OC(CCNS)CCc1cc(-c2cnc(-c3ccc(F)c(F)c3)[nH]2)ccc1Cl. The first-order valence-corrected chi connectivity index (χ1v) is 9.64.